The van der Waals surface area contributed by atoms with E-state index >= 15 is 0 Å². The first-order valence-corrected chi connectivity index (χ1v) is 9.55. The lowest BCUT2D eigenvalue weighted by atomic mass is 9.52. The Morgan fingerprint density at radius 1 is 1.29 bits per heavy atom. The summed E-state index contributed by atoms with van der Waals surface area (Å²) < 4.78 is 5.14. The van der Waals surface area contributed by atoms with E-state index in [1.807, 2.05) is 6.92 Å². The van der Waals surface area contributed by atoms with Crippen molar-refractivity contribution in [3.05, 3.63) is 39.4 Å². The molecule has 8 nitrogen and oxygen atoms in total. The third-order valence-electron chi connectivity index (χ3n) is 7.00. The van der Waals surface area contributed by atoms with E-state index in [1.54, 1.807) is 18.2 Å². The van der Waals surface area contributed by atoms with E-state index in [9.17, 15) is 24.8 Å². The lowest BCUT2D eigenvalue weighted by molar-refractivity contribution is -0.775. The summed E-state index contributed by atoms with van der Waals surface area (Å²) in [7, 11) is 0. The normalized spacial score (nSPS) is 36.1. The Balaban J connectivity index is 1.81. The van der Waals surface area contributed by atoms with Crippen molar-refractivity contribution in [2.45, 2.75) is 57.7 Å². The zero-order valence-corrected chi connectivity index (χ0v) is 15.8. The lowest BCUT2D eigenvalue weighted by Gasteiger charge is -2.55. The minimum atomic E-state index is -1.57. The molecule has 3 aliphatic carbocycles. The number of carbonyl (C=O) groups is 2. The molecule has 0 bridgehead atoms. The van der Waals surface area contributed by atoms with Crippen molar-refractivity contribution in [3.63, 3.8) is 0 Å². The van der Waals surface area contributed by atoms with Crippen molar-refractivity contribution in [3.8, 4) is 5.75 Å². The number of nitrogens with zero attached hydrogens (tertiary/aromatic N) is 1. The molecule has 3 aliphatic rings. The summed E-state index contributed by atoms with van der Waals surface area (Å²) in [4.78, 5) is 40.0. The average Bonchev–Trinajstić information content (AvgIpc) is 2.89. The maximum atomic E-state index is 12.6. The van der Waals surface area contributed by atoms with E-state index in [0.717, 1.165) is 5.56 Å². The third kappa shape index (κ3) is 2.62. The van der Waals surface area contributed by atoms with Gasteiger partial charge in [0.25, 0.3) is 5.09 Å². The van der Waals surface area contributed by atoms with Crippen molar-refractivity contribution in [2.75, 3.05) is 0 Å². The van der Waals surface area contributed by atoms with E-state index in [-0.39, 0.29) is 24.0 Å². The van der Waals surface area contributed by atoms with Crippen LogP contribution in [-0.2, 0) is 26.4 Å². The van der Waals surface area contributed by atoms with Gasteiger partial charge in [-0.15, -0.1) is 10.1 Å². The number of carbonyl (C=O) groups excluding carboxylic acids is 2. The van der Waals surface area contributed by atoms with Crippen LogP contribution in [0.4, 0.5) is 0 Å². The number of ether oxygens (including phenoxy) is 1. The Morgan fingerprint density at radius 2 is 2.00 bits per heavy atom. The monoisotopic (exact) mass is 389 g/mol. The second kappa shape index (κ2) is 6.27. The van der Waals surface area contributed by atoms with Crippen LogP contribution in [0.5, 0.6) is 5.75 Å². The molecular formula is C20H23NO7. The highest BCUT2D eigenvalue weighted by atomic mass is 17.0. The summed E-state index contributed by atoms with van der Waals surface area (Å²) in [6.45, 7) is 3.16. The number of rotatable bonds is 3. The van der Waals surface area contributed by atoms with E-state index in [0.29, 0.717) is 37.0 Å². The highest BCUT2D eigenvalue weighted by Gasteiger charge is 2.65. The Morgan fingerprint density at radius 3 is 2.68 bits per heavy atom. The van der Waals surface area contributed by atoms with Crippen molar-refractivity contribution in [1.29, 1.82) is 0 Å². The molecule has 0 radical (unpaired) electrons. The molecule has 2 saturated carbocycles. The molecule has 0 aromatic heterocycles. The number of aliphatic hydroxyl groups is 1. The average molecular weight is 389 g/mol. The van der Waals surface area contributed by atoms with Gasteiger partial charge in [-0.1, -0.05) is 13.0 Å². The maximum Gasteiger partial charge on any atom is 0.308 e. The maximum absolute atomic E-state index is 12.6. The van der Waals surface area contributed by atoms with E-state index in [1.165, 1.54) is 6.92 Å². The fraction of sp³-hybridized carbons (Fsp3) is 0.600. The number of Topliss-reactive ketones (excluding diaryl/α,β-unsaturated/α-hetero) is 1. The van der Waals surface area contributed by atoms with Crippen LogP contribution in [0.1, 0.15) is 50.7 Å². The molecule has 0 unspecified atom stereocenters. The highest BCUT2D eigenvalue weighted by Crippen LogP contribution is 2.62. The van der Waals surface area contributed by atoms with Crippen LogP contribution in [0.15, 0.2) is 18.2 Å². The molecule has 1 aromatic carbocycles. The SMILES string of the molecule is CC(=O)Oc1ccc2c(c1)CC[C@H]1[C@@H]3CCC(=O)[C@@]3(C)C[C@H](O[N+](=O)[O-])[C@@]21O. The molecule has 0 heterocycles. The van der Waals surface area contributed by atoms with Gasteiger partial charge in [0, 0.05) is 18.8 Å². The standard InChI is InChI=1S/C20H23NO7/c1-11(22)27-13-4-6-14-12(9-13)3-5-16-15-7-8-17(23)19(15,2)10-18(20(14,16)24)28-21(25)26/h4,6,9,15-16,18,24H,3,5,7-8,10H2,1-2H3/t15-,16-,18-,19-,20+/m0/s1. The number of ketones is 1. The van der Waals surface area contributed by atoms with Gasteiger partial charge in [-0.3, -0.25) is 9.59 Å². The molecule has 4 rings (SSSR count). The number of fused-ring (bicyclic) bond motifs is 5. The van der Waals surface area contributed by atoms with Crippen LogP contribution in [0.25, 0.3) is 0 Å². The first kappa shape index (κ1) is 18.9. The first-order chi connectivity index (χ1) is 13.2. The van der Waals surface area contributed by atoms with Gasteiger partial charge in [-0.2, -0.15) is 0 Å². The predicted molar refractivity (Wildman–Crippen MR) is 95.8 cm³/mol. The topological polar surface area (TPSA) is 116 Å². The second-order valence-electron chi connectivity index (χ2n) is 8.39. The van der Waals surface area contributed by atoms with Gasteiger partial charge in [0.05, 0.1) is 0 Å². The first-order valence-electron chi connectivity index (χ1n) is 9.55. The van der Waals surface area contributed by atoms with Gasteiger partial charge in [-0.05, 0) is 60.8 Å². The quantitative estimate of drug-likeness (QED) is 0.365. The van der Waals surface area contributed by atoms with Crippen LogP contribution >= 0.6 is 0 Å². The number of hydrogen-bond acceptors (Lipinski definition) is 7. The zero-order chi connectivity index (χ0) is 20.3. The minimum absolute atomic E-state index is 0.0436. The molecule has 1 aromatic rings. The van der Waals surface area contributed by atoms with Gasteiger partial charge in [0.2, 0.25) is 0 Å². The number of benzene rings is 1. The zero-order valence-electron chi connectivity index (χ0n) is 15.8. The van der Waals surface area contributed by atoms with Crippen LogP contribution < -0.4 is 4.74 Å². The molecule has 8 heteroatoms. The molecule has 0 aliphatic heterocycles. The second-order valence-corrected chi connectivity index (χ2v) is 8.39. The Bertz CT molecular complexity index is 868. The molecule has 0 spiro atoms. The minimum Gasteiger partial charge on any atom is -0.427 e. The van der Waals surface area contributed by atoms with Crippen LogP contribution in [0, 0.1) is 27.4 Å². The van der Waals surface area contributed by atoms with Crippen LogP contribution in [0.2, 0.25) is 0 Å². The number of esters is 1. The molecule has 0 amide bonds. The summed E-state index contributed by atoms with van der Waals surface area (Å²) in [6, 6.07) is 4.94. The molecule has 150 valence electrons. The predicted octanol–water partition coefficient (Wildman–Crippen LogP) is 2.33. The Kier molecular flexibility index (Phi) is 4.22. The van der Waals surface area contributed by atoms with Crippen molar-refractivity contribution in [1.82, 2.24) is 0 Å². The molecule has 28 heavy (non-hydrogen) atoms. The highest BCUT2D eigenvalue weighted by molar-refractivity contribution is 5.87. The molecule has 5 atom stereocenters. The Labute approximate surface area is 161 Å². The van der Waals surface area contributed by atoms with E-state index < -0.39 is 28.2 Å². The van der Waals surface area contributed by atoms with Crippen LogP contribution in [-0.4, -0.2) is 28.0 Å². The number of hydrogen-bond donors (Lipinski definition) is 1. The summed E-state index contributed by atoms with van der Waals surface area (Å²) >= 11 is 0. The molecule has 1 N–H and O–H groups in total. The van der Waals surface area contributed by atoms with E-state index in [4.69, 9.17) is 9.57 Å². The van der Waals surface area contributed by atoms with Gasteiger partial charge in [0.15, 0.2) is 0 Å². The molecule has 2 fully saturated rings. The van der Waals surface area contributed by atoms with Crippen molar-refractivity contribution in [2.24, 2.45) is 17.3 Å². The third-order valence-corrected chi connectivity index (χ3v) is 7.00. The number of aryl methyl sites for hydroxylation is 1. The van der Waals surface area contributed by atoms with Gasteiger partial charge < -0.3 is 14.7 Å². The Hall–Kier alpha value is -2.48. The smallest absolute Gasteiger partial charge is 0.308 e. The van der Waals surface area contributed by atoms with Crippen molar-refractivity contribution < 1.29 is 29.4 Å². The van der Waals surface area contributed by atoms with E-state index in [2.05, 4.69) is 0 Å². The van der Waals surface area contributed by atoms with Gasteiger partial charge in [0.1, 0.15) is 23.2 Å². The summed E-state index contributed by atoms with van der Waals surface area (Å²) in [6.07, 6.45) is 1.29. The summed E-state index contributed by atoms with van der Waals surface area (Å²) in [5.74, 6) is -0.336. The fourth-order valence-electron chi connectivity index (χ4n) is 5.82. The lowest BCUT2D eigenvalue weighted by Crippen LogP contribution is -2.61. The van der Waals surface area contributed by atoms with Crippen LogP contribution in [0.3, 0.4) is 0 Å². The largest absolute Gasteiger partial charge is 0.427 e. The van der Waals surface area contributed by atoms with Gasteiger partial charge in [-0.25, -0.2) is 0 Å². The fourth-order valence-corrected chi connectivity index (χ4v) is 5.82. The van der Waals surface area contributed by atoms with Crippen molar-refractivity contribution >= 4 is 11.8 Å². The van der Waals surface area contributed by atoms with Gasteiger partial charge >= 0.3 is 5.97 Å². The summed E-state index contributed by atoms with van der Waals surface area (Å²) in [5, 5.41) is 22.1. The molecular weight excluding hydrogens is 366 g/mol. The summed E-state index contributed by atoms with van der Waals surface area (Å²) in [5.41, 5.74) is -0.938. The molecule has 0 saturated heterocycles.